The maximum atomic E-state index is 12.6. The van der Waals surface area contributed by atoms with Crippen LogP contribution in [0.25, 0.3) is 11.0 Å². The van der Waals surface area contributed by atoms with E-state index in [0.29, 0.717) is 24.1 Å². The molecule has 0 amide bonds. The Morgan fingerprint density at radius 1 is 1.42 bits per heavy atom. The zero-order chi connectivity index (χ0) is 13.5. The van der Waals surface area contributed by atoms with Crippen LogP contribution in [-0.2, 0) is 14.8 Å². The zero-order valence-corrected chi connectivity index (χ0v) is 11.9. The van der Waals surface area contributed by atoms with Gasteiger partial charge in [-0.25, -0.2) is 8.42 Å². The lowest BCUT2D eigenvalue weighted by Gasteiger charge is -2.16. The number of rotatable bonds is 3. The van der Waals surface area contributed by atoms with E-state index in [0.717, 1.165) is 18.1 Å². The van der Waals surface area contributed by atoms with Crippen LogP contribution >= 0.6 is 11.7 Å². The monoisotopic (exact) mass is 299 g/mol. The van der Waals surface area contributed by atoms with E-state index in [1.54, 1.807) is 25.3 Å². The molecule has 1 saturated heterocycles. The van der Waals surface area contributed by atoms with Crippen LogP contribution in [0.15, 0.2) is 23.1 Å². The van der Waals surface area contributed by atoms with Crippen molar-refractivity contribution in [3.8, 4) is 0 Å². The van der Waals surface area contributed by atoms with E-state index in [9.17, 15) is 8.42 Å². The molecule has 3 rings (SSSR count). The Bertz CT molecular complexity index is 698. The van der Waals surface area contributed by atoms with Crippen LogP contribution in [0.1, 0.15) is 6.42 Å². The van der Waals surface area contributed by atoms with Crippen LogP contribution in [0.5, 0.6) is 0 Å². The second kappa shape index (κ2) is 4.78. The Morgan fingerprint density at radius 3 is 3.00 bits per heavy atom. The summed E-state index contributed by atoms with van der Waals surface area (Å²) in [4.78, 5) is 0.232. The third kappa shape index (κ3) is 2.14. The summed E-state index contributed by atoms with van der Waals surface area (Å²) >= 11 is 1.02. The summed E-state index contributed by atoms with van der Waals surface area (Å²) in [6.45, 7) is 0.877. The number of methoxy groups -OCH3 is 1. The van der Waals surface area contributed by atoms with Crippen LogP contribution in [-0.4, -0.2) is 47.8 Å². The van der Waals surface area contributed by atoms with Crippen molar-refractivity contribution in [2.75, 3.05) is 20.2 Å². The molecular formula is C11H13N3O3S2. The molecule has 1 aromatic carbocycles. The number of fused-ring (bicyclic) bond motifs is 1. The van der Waals surface area contributed by atoms with E-state index in [1.165, 1.54) is 4.31 Å². The first kappa shape index (κ1) is 12.9. The maximum absolute atomic E-state index is 12.6. The molecule has 0 unspecified atom stereocenters. The zero-order valence-electron chi connectivity index (χ0n) is 10.3. The fraction of sp³-hybridized carbons (Fsp3) is 0.455. The lowest BCUT2D eigenvalue weighted by molar-refractivity contribution is 0.115. The first-order chi connectivity index (χ1) is 9.13. The quantitative estimate of drug-likeness (QED) is 0.848. The molecule has 8 heteroatoms. The Kier molecular flexibility index (Phi) is 3.25. The fourth-order valence-electron chi connectivity index (χ4n) is 2.24. The van der Waals surface area contributed by atoms with E-state index >= 15 is 0 Å². The van der Waals surface area contributed by atoms with E-state index in [-0.39, 0.29) is 11.0 Å². The van der Waals surface area contributed by atoms with E-state index in [4.69, 9.17) is 4.74 Å². The molecule has 102 valence electrons. The standard InChI is InChI=1S/C11H13N3O3S2/c1-17-8-5-6-14(7-8)19(15,16)10-4-2-3-9-11(10)13-18-12-9/h2-4,8H,5-7H2,1H3/t8-/m0/s1. The number of hydrogen-bond donors (Lipinski definition) is 0. The summed E-state index contributed by atoms with van der Waals surface area (Å²) in [5.41, 5.74) is 1.07. The van der Waals surface area contributed by atoms with E-state index < -0.39 is 10.0 Å². The van der Waals surface area contributed by atoms with Crippen LogP contribution < -0.4 is 0 Å². The highest BCUT2D eigenvalue weighted by Gasteiger charge is 2.34. The van der Waals surface area contributed by atoms with Crippen molar-refractivity contribution in [1.29, 1.82) is 0 Å². The molecule has 1 aromatic heterocycles. The molecule has 19 heavy (non-hydrogen) atoms. The van der Waals surface area contributed by atoms with Crippen LogP contribution in [0, 0.1) is 0 Å². The lowest BCUT2D eigenvalue weighted by Crippen LogP contribution is -2.30. The predicted octanol–water partition coefficient (Wildman–Crippen LogP) is 1.10. The molecule has 0 radical (unpaired) electrons. The summed E-state index contributed by atoms with van der Waals surface area (Å²) in [6, 6.07) is 5.04. The predicted molar refractivity (Wildman–Crippen MR) is 71.6 cm³/mol. The molecule has 1 aliphatic rings. The van der Waals surface area contributed by atoms with Gasteiger partial charge in [-0.3, -0.25) is 0 Å². The topological polar surface area (TPSA) is 72.4 Å². The van der Waals surface area contributed by atoms with Crippen molar-refractivity contribution in [2.24, 2.45) is 0 Å². The van der Waals surface area contributed by atoms with Gasteiger partial charge >= 0.3 is 0 Å². The highest BCUT2D eigenvalue weighted by Crippen LogP contribution is 2.27. The highest BCUT2D eigenvalue weighted by molar-refractivity contribution is 7.89. The van der Waals surface area contributed by atoms with Crippen LogP contribution in [0.2, 0.25) is 0 Å². The van der Waals surface area contributed by atoms with Gasteiger partial charge in [0.1, 0.15) is 15.9 Å². The van der Waals surface area contributed by atoms with E-state index in [2.05, 4.69) is 8.75 Å². The Hall–Kier alpha value is -1.09. The minimum Gasteiger partial charge on any atom is -0.380 e. The molecule has 1 atom stereocenters. The van der Waals surface area contributed by atoms with Gasteiger partial charge in [0, 0.05) is 20.2 Å². The number of sulfonamides is 1. The molecule has 2 aromatic rings. The SMILES string of the molecule is CO[C@H]1CCN(S(=O)(=O)c2cccc3nsnc23)C1. The van der Waals surface area contributed by atoms with Crippen molar-refractivity contribution in [3.63, 3.8) is 0 Å². The molecule has 0 spiro atoms. The van der Waals surface area contributed by atoms with Gasteiger partial charge in [-0.15, -0.1) is 0 Å². The van der Waals surface area contributed by atoms with Gasteiger partial charge in [0.15, 0.2) is 0 Å². The number of aromatic nitrogens is 2. The fourth-order valence-corrected chi connectivity index (χ4v) is 4.48. The second-order valence-electron chi connectivity index (χ2n) is 4.40. The van der Waals surface area contributed by atoms with Gasteiger partial charge in [-0.1, -0.05) is 6.07 Å². The van der Waals surface area contributed by atoms with E-state index in [1.807, 2.05) is 0 Å². The van der Waals surface area contributed by atoms with Crippen molar-refractivity contribution in [3.05, 3.63) is 18.2 Å². The third-order valence-corrected chi connectivity index (χ3v) is 5.75. The summed E-state index contributed by atoms with van der Waals surface area (Å²) < 4.78 is 40.1. The summed E-state index contributed by atoms with van der Waals surface area (Å²) in [5.74, 6) is 0. The van der Waals surface area contributed by atoms with Gasteiger partial charge in [-0.2, -0.15) is 13.1 Å². The average Bonchev–Trinajstić information content (AvgIpc) is 3.06. The number of benzene rings is 1. The third-order valence-electron chi connectivity index (χ3n) is 3.31. The van der Waals surface area contributed by atoms with Gasteiger partial charge in [0.05, 0.1) is 17.8 Å². The molecule has 0 bridgehead atoms. The van der Waals surface area contributed by atoms with Gasteiger partial charge in [0.25, 0.3) is 0 Å². The first-order valence-corrected chi connectivity index (χ1v) is 8.04. The van der Waals surface area contributed by atoms with Crippen molar-refractivity contribution in [2.45, 2.75) is 17.4 Å². The van der Waals surface area contributed by atoms with Gasteiger partial charge in [-0.05, 0) is 18.6 Å². The molecule has 0 saturated carbocycles. The Balaban J connectivity index is 2.03. The molecule has 0 N–H and O–H groups in total. The second-order valence-corrected chi connectivity index (χ2v) is 6.83. The minimum atomic E-state index is -3.52. The summed E-state index contributed by atoms with van der Waals surface area (Å²) in [7, 11) is -1.92. The normalized spacial score (nSPS) is 21.2. The largest absolute Gasteiger partial charge is 0.380 e. The van der Waals surface area contributed by atoms with Crippen molar-refractivity contribution in [1.82, 2.24) is 13.1 Å². The molecule has 6 nitrogen and oxygen atoms in total. The Labute approximate surface area is 115 Å². The molecule has 0 aliphatic carbocycles. The number of nitrogens with zero attached hydrogens (tertiary/aromatic N) is 3. The van der Waals surface area contributed by atoms with Crippen molar-refractivity contribution >= 4 is 32.8 Å². The average molecular weight is 299 g/mol. The summed E-state index contributed by atoms with van der Waals surface area (Å²) in [5, 5.41) is 0. The molecule has 1 fully saturated rings. The number of ether oxygens (including phenoxy) is 1. The smallest absolute Gasteiger partial charge is 0.245 e. The van der Waals surface area contributed by atoms with Gasteiger partial charge < -0.3 is 4.74 Å². The first-order valence-electron chi connectivity index (χ1n) is 5.87. The summed E-state index contributed by atoms with van der Waals surface area (Å²) in [6.07, 6.45) is 0.698. The number of hydrogen-bond acceptors (Lipinski definition) is 6. The Morgan fingerprint density at radius 2 is 2.26 bits per heavy atom. The van der Waals surface area contributed by atoms with Gasteiger partial charge in [0.2, 0.25) is 10.0 Å². The molecule has 1 aliphatic heterocycles. The molecular weight excluding hydrogens is 286 g/mol. The maximum Gasteiger partial charge on any atom is 0.245 e. The van der Waals surface area contributed by atoms with Crippen LogP contribution in [0.4, 0.5) is 0 Å². The van der Waals surface area contributed by atoms with Crippen LogP contribution in [0.3, 0.4) is 0 Å². The highest BCUT2D eigenvalue weighted by atomic mass is 32.2. The molecule has 2 heterocycles. The lowest BCUT2D eigenvalue weighted by atomic mass is 10.3. The van der Waals surface area contributed by atoms with Crippen molar-refractivity contribution < 1.29 is 13.2 Å². The minimum absolute atomic E-state index is 0.0254.